The second kappa shape index (κ2) is 3.70. The van der Waals surface area contributed by atoms with Crippen molar-refractivity contribution < 1.29 is 9.31 Å². The van der Waals surface area contributed by atoms with Crippen LogP contribution in [0.25, 0.3) is 0 Å². The number of nitro groups is 1. The van der Waals surface area contributed by atoms with Gasteiger partial charge in [-0.2, -0.15) is 0 Å². The number of halogens is 2. The van der Waals surface area contributed by atoms with E-state index < -0.39 is 10.7 Å². The molecule has 0 aliphatic heterocycles. The molecule has 0 saturated carbocycles. The number of alkyl halides is 1. The van der Waals surface area contributed by atoms with E-state index in [2.05, 4.69) is 0 Å². The number of hydrogen-bond acceptors (Lipinski definition) is 2. The molecule has 0 aromatic heterocycles. The first-order valence-electron chi connectivity index (χ1n) is 3.56. The maximum absolute atomic E-state index is 12.9. The smallest absolute Gasteiger partial charge is 0.258 e. The van der Waals surface area contributed by atoms with E-state index in [1.807, 2.05) is 0 Å². The van der Waals surface area contributed by atoms with Crippen LogP contribution in [0.4, 0.5) is 10.1 Å². The molecule has 0 saturated heterocycles. The van der Waals surface area contributed by atoms with Crippen LogP contribution in [0, 0.1) is 22.9 Å². The highest BCUT2D eigenvalue weighted by Crippen LogP contribution is 2.26. The lowest BCUT2D eigenvalue weighted by molar-refractivity contribution is -0.386. The van der Waals surface area contributed by atoms with Crippen molar-refractivity contribution in [1.82, 2.24) is 0 Å². The molecule has 1 aromatic rings. The van der Waals surface area contributed by atoms with Crippen LogP contribution in [0.3, 0.4) is 0 Å². The van der Waals surface area contributed by atoms with Crippen molar-refractivity contribution >= 4 is 17.3 Å². The van der Waals surface area contributed by atoms with Crippen LogP contribution in [0.1, 0.15) is 11.1 Å². The molecule has 0 amide bonds. The van der Waals surface area contributed by atoms with Gasteiger partial charge in [-0.15, -0.1) is 11.6 Å². The van der Waals surface area contributed by atoms with Gasteiger partial charge in [0.25, 0.3) is 5.69 Å². The fourth-order valence-corrected chi connectivity index (χ4v) is 1.31. The lowest BCUT2D eigenvalue weighted by Gasteiger charge is -2.02. The maximum atomic E-state index is 12.9. The van der Waals surface area contributed by atoms with E-state index >= 15 is 0 Å². The van der Waals surface area contributed by atoms with Crippen LogP contribution >= 0.6 is 11.6 Å². The molecule has 0 radical (unpaired) electrons. The van der Waals surface area contributed by atoms with Crippen LogP contribution in [0.2, 0.25) is 0 Å². The van der Waals surface area contributed by atoms with Crippen molar-refractivity contribution in [2.45, 2.75) is 12.8 Å². The Balaban J connectivity index is 3.41. The van der Waals surface area contributed by atoms with Crippen molar-refractivity contribution in [3.05, 3.63) is 39.2 Å². The maximum Gasteiger partial charge on any atom is 0.279 e. The zero-order valence-corrected chi connectivity index (χ0v) is 7.64. The molecular formula is C8H7ClFNO2. The van der Waals surface area contributed by atoms with E-state index in [-0.39, 0.29) is 17.1 Å². The quantitative estimate of drug-likeness (QED) is 0.421. The Labute approximate surface area is 79.3 Å². The van der Waals surface area contributed by atoms with Crippen LogP contribution < -0.4 is 0 Å². The van der Waals surface area contributed by atoms with Crippen molar-refractivity contribution in [2.24, 2.45) is 0 Å². The molecular weight excluding hydrogens is 197 g/mol. The Morgan fingerprint density at radius 2 is 2.23 bits per heavy atom. The molecule has 0 unspecified atom stereocenters. The zero-order valence-electron chi connectivity index (χ0n) is 6.88. The molecule has 5 heteroatoms. The molecule has 0 fully saturated rings. The highest BCUT2D eigenvalue weighted by atomic mass is 35.5. The molecule has 0 aliphatic rings. The molecule has 1 rings (SSSR count). The molecule has 0 atom stereocenters. The van der Waals surface area contributed by atoms with Crippen molar-refractivity contribution in [2.75, 3.05) is 0 Å². The van der Waals surface area contributed by atoms with Crippen LogP contribution in [-0.2, 0) is 5.88 Å². The minimum Gasteiger partial charge on any atom is -0.258 e. The Kier molecular flexibility index (Phi) is 2.83. The van der Waals surface area contributed by atoms with Gasteiger partial charge in [0.15, 0.2) is 0 Å². The molecule has 0 heterocycles. The molecule has 0 aliphatic carbocycles. The topological polar surface area (TPSA) is 43.1 Å². The van der Waals surface area contributed by atoms with Gasteiger partial charge in [-0.05, 0) is 19.1 Å². The summed E-state index contributed by atoms with van der Waals surface area (Å²) >= 11 is 5.47. The summed E-state index contributed by atoms with van der Waals surface area (Å²) in [5.41, 5.74) is 0.142. The van der Waals surface area contributed by atoms with Gasteiger partial charge >= 0.3 is 0 Å². The van der Waals surface area contributed by atoms with Gasteiger partial charge in [-0.25, -0.2) is 4.39 Å². The van der Waals surface area contributed by atoms with Gasteiger partial charge in [0.05, 0.1) is 16.4 Å². The summed E-state index contributed by atoms with van der Waals surface area (Å²) in [6, 6.07) is 2.51. The first-order chi connectivity index (χ1) is 6.07. The summed E-state index contributed by atoms with van der Waals surface area (Å²) in [6.45, 7) is 1.36. The van der Waals surface area contributed by atoms with E-state index in [4.69, 9.17) is 11.6 Å². The minimum absolute atomic E-state index is 0.0113. The average molecular weight is 204 g/mol. The Hall–Kier alpha value is -1.16. The normalized spacial score (nSPS) is 10.1. The molecule has 1 aromatic carbocycles. The predicted molar refractivity (Wildman–Crippen MR) is 47.3 cm³/mol. The fraction of sp³-hybridized carbons (Fsp3) is 0.250. The Morgan fingerprint density at radius 1 is 1.62 bits per heavy atom. The van der Waals surface area contributed by atoms with E-state index in [0.29, 0.717) is 5.56 Å². The van der Waals surface area contributed by atoms with Gasteiger partial charge in [-0.3, -0.25) is 10.1 Å². The van der Waals surface area contributed by atoms with Gasteiger partial charge in [0.1, 0.15) is 5.82 Å². The second-order valence-electron chi connectivity index (χ2n) is 2.57. The summed E-state index contributed by atoms with van der Waals surface area (Å²) < 4.78 is 12.9. The molecule has 13 heavy (non-hydrogen) atoms. The Morgan fingerprint density at radius 3 is 2.69 bits per heavy atom. The van der Waals surface area contributed by atoms with Crippen molar-refractivity contribution in [3.63, 3.8) is 0 Å². The predicted octanol–water partition coefficient (Wildman–Crippen LogP) is 2.78. The van der Waals surface area contributed by atoms with Crippen LogP contribution in [0.5, 0.6) is 0 Å². The first-order valence-corrected chi connectivity index (χ1v) is 4.09. The minimum atomic E-state index is -0.615. The first kappa shape index (κ1) is 9.92. The summed E-state index contributed by atoms with van der Waals surface area (Å²) in [6.07, 6.45) is 0. The monoisotopic (exact) mass is 203 g/mol. The number of benzene rings is 1. The summed E-state index contributed by atoms with van der Waals surface area (Å²) in [5, 5.41) is 10.5. The molecule has 70 valence electrons. The van der Waals surface area contributed by atoms with Crippen LogP contribution in [-0.4, -0.2) is 4.92 Å². The summed E-state index contributed by atoms with van der Waals surface area (Å²) in [7, 11) is 0. The average Bonchev–Trinajstić information content (AvgIpc) is 2.08. The summed E-state index contributed by atoms with van der Waals surface area (Å²) in [4.78, 5) is 9.92. The summed E-state index contributed by atoms with van der Waals surface area (Å²) in [5.74, 6) is -0.571. The van der Waals surface area contributed by atoms with Gasteiger partial charge in [0.2, 0.25) is 0 Å². The SMILES string of the molecule is Cc1c(F)ccc(CCl)c1[N+](=O)[O-]. The molecule has 0 bridgehead atoms. The largest absolute Gasteiger partial charge is 0.279 e. The second-order valence-corrected chi connectivity index (χ2v) is 2.84. The van der Waals surface area contributed by atoms with Gasteiger partial charge < -0.3 is 0 Å². The van der Waals surface area contributed by atoms with E-state index in [0.717, 1.165) is 0 Å². The standard InChI is InChI=1S/C8H7ClFNO2/c1-5-7(10)3-2-6(4-9)8(5)11(12)13/h2-3H,4H2,1H3. The van der Waals surface area contributed by atoms with E-state index in [1.165, 1.54) is 19.1 Å². The molecule has 3 nitrogen and oxygen atoms in total. The van der Waals surface area contributed by atoms with E-state index in [1.54, 1.807) is 0 Å². The number of nitrogens with zero attached hydrogens (tertiary/aromatic N) is 1. The highest BCUT2D eigenvalue weighted by molar-refractivity contribution is 6.17. The third kappa shape index (κ3) is 1.78. The van der Waals surface area contributed by atoms with Crippen molar-refractivity contribution in [3.8, 4) is 0 Å². The highest BCUT2D eigenvalue weighted by Gasteiger charge is 2.19. The zero-order chi connectivity index (χ0) is 10.0. The lowest BCUT2D eigenvalue weighted by atomic mass is 10.1. The third-order valence-corrected chi connectivity index (χ3v) is 2.06. The van der Waals surface area contributed by atoms with Crippen molar-refractivity contribution in [1.29, 1.82) is 0 Å². The lowest BCUT2D eigenvalue weighted by Crippen LogP contribution is -1.98. The van der Waals surface area contributed by atoms with Gasteiger partial charge in [0, 0.05) is 5.56 Å². The van der Waals surface area contributed by atoms with Crippen LogP contribution in [0.15, 0.2) is 12.1 Å². The van der Waals surface area contributed by atoms with Gasteiger partial charge in [-0.1, -0.05) is 0 Å². The molecule has 0 N–H and O–H groups in total. The third-order valence-electron chi connectivity index (χ3n) is 1.77. The Bertz CT molecular complexity index is 354. The number of rotatable bonds is 2. The number of hydrogen-bond donors (Lipinski definition) is 0. The molecule has 0 spiro atoms. The number of nitro benzene ring substituents is 1. The fourth-order valence-electron chi connectivity index (χ4n) is 1.09. The van der Waals surface area contributed by atoms with E-state index in [9.17, 15) is 14.5 Å².